The Hall–Kier alpha value is -1.40. The van der Waals surface area contributed by atoms with Gasteiger partial charge in [0.1, 0.15) is 165 Å². The van der Waals surface area contributed by atoms with Crippen molar-refractivity contribution in [1.82, 2.24) is 0 Å². The molecule has 77 heavy (non-hydrogen) atoms. The second-order valence-corrected chi connectivity index (χ2v) is 19.5. The van der Waals surface area contributed by atoms with Crippen LogP contribution >= 0.6 is 0 Å². The van der Waals surface area contributed by atoms with Crippen LogP contribution in [-0.2, 0) is 61.6 Å². The first kappa shape index (κ1) is 63.2. The Morgan fingerprint density at radius 1 is 0.234 bits per heavy atom. The molecule has 0 amide bonds. The van der Waals surface area contributed by atoms with Crippen molar-refractivity contribution in [2.75, 3.05) is 39.6 Å². The second kappa shape index (κ2) is 26.9. The summed E-state index contributed by atoms with van der Waals surface area (Å²) in [5, 5.41) is 236. The van der Waals surface area contributed by atoms with Gasteiger partial charge in [0.2, 0.25) is 0 Å². The van der Waals surface area contributed by atoms with Crippen LogP contribution in [0.2, 0.25) is 0 Å². The molecule has 0 aromatic carbocycles. The van der Waals surface area contributed by atoms with Crippen molar-refractivity contribution >= 4 is 0 Å². The van der Waals surface area contributed by atoms with Gasteiger partial charge in [-0.25, -0.2) is 0 Å². The summed E-state index contributed by atoms with van der Waals surface area (Å²) >= 11 is 0. The van der Waals surface area contributed by atoms with E-state index in [4.69, 9.17) is 61.6 Å². The second-order valence-electron chi connectivity index (χ2n) is 19.5. The number of aliphatic hydroxyl groups excluding tert-OH is 22. The molecule has 0 aromatic heterocycles. The highest BCUT2D eigenvalue weighted by Gasteiger charge is 2.59. The van der Waals surface area contributed by atoms with Gasteiger partial charge in [-0.3, -0.25) is 0 Å². The van der Waals surface area contributed by atoms with E-state index in [0.717, 1.165) is 0 Å². The Kier molecular flexibility index (Phi) is 22.1. The van der Waals surface area contributed by atoms with Gasteiger partial charge < -0.3 is 174 Å². The SMILES string of the molecule is C[C@@H]1O[C@@H](O[C@H]2[C@H](O[C@H]3[C@@H](O)[C@@H](CO)O[C@@H](O[C@H]4[C@@H](O)[C@@H](CO)O[C@@H](O[C@H]5[C@@H](O)[C@@H](CO)O[C@@H](O[C@H]6[C@@H](O)[C@@H](CO)O[C@@H](O[C@@H]7[C@@H](O)[C@H](O)O[C@H](CO)[C@@H]7O)[C@@H]6O)[C@@H]5O)[C@@H]4O)[C@@H]3O)O[C@H](CO)[C@H](O)[C@@H]2O)[C@@H](O)[C@H](O)[C@@H]1O. The lowest BCUT2D eigenvalue weighted by molar-refractivity contribution is -0.402. The molecule has 7 aliphatic heterocycles. The lowest BCUT2D eigenvalue weighted by atomic mass is 9.95. The first-order valence-corrected chi connectivity index (χ1v) is 24.5. The largest absolute Gasteiger partial charge is 0.394 e. The molecule has 35 atom stereocenters. The van der Waals surface area contributed by atoms with Crippen molar-refractivity contribution in [3.63, 3.8) is 0 Å². The van der Waals surface area contributed by atoms with Crippen LogP contribution in [0.1, 0.15) is 6.92 Å². The van der Waals surface area contributed by atoms with Gasteiger partial charge in [-0.05, 0) is 6.92 Å². The molecule has 0 spiro atoms. The molecule has 7 fully saturated rings. The van der Waals surface area contributed by atoms with Crippen LogP contribution in [0.3, 0.4) is 0 Å². The van der Waals surface area contributed by atoms with Gasteiger partial charge in [-0.15, -0.1) is 0 Å². The van der Waals surface area contributed by atoms with Gasteiger partial charge in [0.15, 0.2) is 44.0 Å². The van der Waals surface area contributed by atoms with Gasteiger partial charge >= 0.3 is 0 Å². The number of ether oxygens (including phenoxy) is 13. The predicted octanol–water partition coefficient (Wildman–Crippen LogP) is -15.2. The van der Waals surface area contributed by atoms with E-state index < -0.39 is 255 Å². The number of aliphatic hydroxyl groups is 22. The van der Waals surface area contributed by atoms with E-state index in [9.17, 15) is 112 Å². The third-order valence-electron chi connectivity index (χ3n) is 14.5. The third kappa shape index (κ3) is 12.9. The van der Waals surface area contributed by atoms with Crippen LogP contribution in [0, 0.1) is 0 Å². The van der Waals surface area contributed by atoms with Crippen molar-refractivity contribution in [2.24, 2.45) is 0 Å². The van der Waals surface area contributed by atoms with E-state index in [1.54, 1.807) is 0 Å². The van der Waals surface area contributed by atoms with E-state index in [-0.39, 0.29) is 0 Å². The first-order valence-electron chi connectivity index (χ1n) is 24.5. The minimum Gasteiger partial charge on any atom is -0.394 e. The normalized spacial score (nSPS) is 54.0. The van der Waals surface area contributed by atoms with Crippen molar-refractivity contribution in [3.8, 4) is 0 Å². The van der Waals surface area contributed by atoms with E-state index >= 15 is 0 Å². The summed E-state index contributed by atoms with van der Waals surface area (Å²) in [7, 11) is 0. The number of hydrogen-bond donors (Lipinski definition) is 22. The minimum atomic E-state index is -2.32. The highest BCUT2D eigenvalue weighted by atomic mass is 16.8. The molecule has 7 aliphatic rings. The van der Waals surface area contributed by atoms with Gasteiger partial charge in [0, 0.05) is 0 Å². The summed E-state index contributed by atoms with van der Waals surface area (Å²) in [6.45, 7) is -4.76. The van der Waals surface area contributed by atoms with Crippen LogP contribution < -0.4 is 0 Å². The van der Waals surface area contributed by atoms with Crippen LogP contribution in [-0.4, -0.2) is 367 Å². The van der Waals surface area contributed by atoms with E-state index in [0.29, 0.717) is 0 Å². The van der Waals surface area contributed by atoms with Crippen molar-refractivity contribution in [3.05, 3.63) is 0 Å². The van der Waals surface area contributed by atoms with Crippen molar-refractivity contribution < 1.29 is 174 Å². The third-order valence-corrected chi connectivity index (χ3v) is 14.5. The molecule has 450 valence electrons. The Morgan fingerprint density at radius 3 is 0.831 bits per heavy atom. The summed E-state index contributed by atoms with van der Waals surface area (Å²) in [4.78, 5) is 0. The van der Waals surface area contributed by atoms with Crippen LogP contribution in [0.4, 0.5) is 0 Å². The zero-order valence-electron chi connectivity index (χ0n) is 40.6. The summed E-state index contributed by atoms with van der Waals surface area (Å²) < 4.78 is 72.6. The fraction of sp³-hybridized carbons (Fsp3) is 1.00. The maximum absolute atomic E-state index is 11.7. The van der Waals surface area contributed by atoms with E-state index in [1.807, 2.05) is 0 Å². The Balaban J connectivity index is 1.08. The van der Waals surface area contributed by atoms with Crippen molar-refractivity contribution in [1.29, 1.82) is 0 Å². The quantitative estimate of drug-likeness (QED) is 0.0606. The molecule has 7 heterocycles. The highest BCUT2D eigenvalue weighted by Crippen LogP contribution is 2.38. The van der Waals surface area contributed by atoms with E-state index in [1.165, 1.54) is 6.92 Å². The highest BCUT2D eigenvalue weighted by molar-refractivity contribution is 5.01. The lowest BCUT2D eigenvalue weighted by Gasteiger charge is -2.50. The minimum absolute atomic E-state index is 0.877. The standard InChI is InChI=1S/C42H72O35/c1-8-15(49)22(56)24(58)37(65-8)77-35-23(57)16(50)9(2-43)71-42(35)76-34-21(55)14(7-48)70-41(29(34)63)75-33-20(54)13(6-47)69-40(28(33)62)74-32-19(53)12(5-46)68-39(27(32)61)73-31-18(52)11(4-45)67-38(26(31)60)72-30-17(51)10(3-44)66-36(64)25(30)59/h8-64H,2-7H2,1H3/t8-,9+,10+,11+,12+,13+,14+,15+,16-,17-,18-,19-,20-,21-,22+,23-,24-,25+,26+,27+,28+,29+,30-,31-,32-,33-,34-,35+,36+,37-,38-,39-,40-,41-,42-/m0/s1. The summed E-state index contributed by atoms with van der Waals surface area (Å²) in [6.07, 6.45) is -68.8. The monoisotopic (exact) mass is 1140 g/mol. The topological polar surface area (TPSA) is 565 Å². The number of rotatable bonds is 18. The van der Waals surface area contributed by atoms with Gasteiger partial charge in [0.05, 0.1) is 45.7 Å². The van der Waals surface area contributed by atoms with E-state index in [2.05, 4.69) is 0 Å². The molecular formula is C42H72O35. The smallest absolute Gasteiger partial charge is 0.187 e. The summed E-state index contributed by atoms with van der Waals surface area (Å²) in [5.74, 6) is 0. The Labute approximate surface area is 435 Å². The average Bonchev–Trinajstić information content (AvgIpc) is 3.42. The van der Waals surface area contributed by atoms with Crippen LogP contribution in [0.25, 0.3) is 0 Å². The number of hydrogen-bond acceptors (Lipinski definition) is 35. The first-order chi connectivity index (χ1) is 36.5. The molecule has 7 rings (SSSR count). The molecule has 0 saturated carbocycles. The zero-order valence-corrected chi connectivity index (χ0v) is 40.6. The van der Waals surface area contributed by atoms with Crippen molar-refractivity contribution in [2.45, 2.75) is 222 Å². The molecule has 0 bridgehead atoms. The average molecular weight is 1140 g/mol. The molecule has 0 aliphatic carbocycles. The molecule has 22 N–H and O–H groups in total. The zero-order chi connectivity index (χ0) is 56.6. The van der Waals surface area contributed by atoms with Crippen LogP contribution in [0.15, 0.2) is 0 Å². The summed E-state index contributed by atoms with van der Waals surface area (Å²) in [6, 6.07) is 0. The molecule has 35 heteroatoms. The molecule has 0 unspecified atom stereocenters. The fourth-order valence-corrected chi connectivity index (χ4v) is 9.90. The fourth-order valence-electron chi connectivity index (χ4n) is 9.90. The molecular weight excluding hydrogens is 1060 g/mol. The van der Waals surface area contributed by atoms with Gasteiger partial charge in [-0.1, -0.05) is 0 Å². The maximum Gasteiger partial charge on any atom is 0.187 e. The molecule has 7 saturated heterocycles. The van der Waals surface area contributed by atoms with Gasteiger partial charge in [-0.2, -0.15) is 0 Å². The van der Waals surface area contributed by atoms with Gasteiger partial charge in [0.25, 0.3) is 0 Å². The molecule has 0 aromatic rings. The summed E-state index contributed by atoms with van der Waals surface area (Å²) in [5.41, 5.74) is 0. The molecule has 0 radical (unpaired) electrons. The Morgan fingerprint density at radius 2 is 0.494 bits per heavy atom. The molecule has 35 nitrogen and oxygen atoms in total. The predicted molar refractivity (Wildman–Crippen MR) is 230 cm³/mol. The Bertz CT molecular complexity index is 1800. The maximum atomic E-state index is 11.7. The van der Waals surface area contributed by atoms with Crippen LogP contribution in [0.5, 0.6) is 0 Å². The lowest BCUT2D eigenvalue weighted by Crippen LogP contribution is -2.69.